The minimum absolute atomic E-state index is 0.0553. The van der Waals surface area contributed by atoms with Gasteiger partial charge in [-0.15, -0.1) is 0 Å². The zero-order valence-corrected chi connectivity index (χ0v) is 13.1. The molecule has 1 amide bonds. The third-order valence-corrected chi connectivity index (χ3v) is 3.18. The van der Waals surface area contributed by atoms with Gasteiger partial charge in [-0.3, -0.25) is 10.1 Å². The molecule has 0 heterocycles. The Labute approximate surface area is 139 Å². The predicted octanol–water partition coefficient (Wildman–Crippen LogP) is 3.92. The molecular formula is C18H18N2O4. The summed E-state index contributed by atoms with van der Waals surface area (Å²) in [6, 6.07) is 15.8. The van der Waals surface area contributed by atoms with Crippen molar-refractivity contribution in [2.45, 2.75) is 13.0 Å². The maximum atomic E-state index is 11.5. The molecule has 1 N–H and O–H groups in total. The molecule has 6 nitrogen and oxygen atoms in total. The predicted molar refractivity (Wildman–Crippen MR) is 91.4 cm³/mol. The van der Waals surface area contributed by atoms with E-state index in [9.17, 15) is 14.9 Å². The van der Waals surface area contributed by atoms with Crippen LogP contribution in [0.4, 0.5) is 10.5 Å². The van der Waals surface area contributed by atoms with Crippen molar-refractivity contribution in [1.82, 2.24) is 5.32 Å². The lowest BCUT2D eigenvalue weighted by Crippen LogP contribution is -2.24. The van der Waals surface area contributed by atoms with Crippen LogP contribution in [0.5, 0.6) is 0 Å². The van der Waals surface area contributed by atoms with E-state index in [1.165, 1.54) is 12.1 Å². The summed E-state index contributed by atoms with van der Waals surface area (Å²) in [7, 11) is 0. The summed E-state index contributed by atoms with van der Waals surface area (Å²) in [6.45, 7) is 0.662. The first-order valence-corrected chi connectivity index (χ1v) is 7.51. The van der Waals surface area contributed by atoms with Crippen LogP contribution in [0.3, 0.4) is 0 Å². The van der Waals surface area contributed by atoms with Crippen LogP contribution in [-0.4, -0.2) is 17.6 Å². The molecule has 2 rings (SSSR count). The monoisotopic (exact) mass is 326 g/mol. The van der Waals surface area contributed by atoms with Crippen molar-refractivity contribution in [3.63, 3.8) is 0 Å². The Bertz CT molecular complexity index is 714. The summed E-state index contributed by atoms with van der Waals surface area (Å²) in [6.07, 6.45) is 3.76. The Morgan fingerprint density at radius 3 is 2.71 bits per heavy atom. The van der Waals surface area contributed by atoms with Gasteiger partial charge in [0.05, 0.1) is 4.92 Å². The summed E-state index contributed by atoms with van der Waals surface area (Å²) >= 11 is 0. The number of nitro benzene ring substituents is 1. The molecule has 0 aromatic heterocycles. The van der Waals surface area contributed by atoms with Gasteiger partial charge in [0.15, 0.2) is 0 Å². The van der Waals surface area contributed by atoms with Crippen LogP contribution < -0.4 is 5.32 Å². The van der Waals surface area contributed by atoms with E-state index in [1.54, 1.807) is 18.2 Å². The summed E-state index contributed by atoms with van der Waals surface area (Å²) in [5.74, 6) is 0. The number of alkyl carbamates (subject to hydrolysis) is 1. The first-order valence-electron chi connectivity index (χ1n) is 7.51. The molecule has 0 saturated heterocycles. The molecule has 2 aromatic rings. The van der Waals surface area contributed by atoms with Gasteiger partial charge in [-0.25, -0.2) is 4.79 Å². The quantitative estimate of drug-likeness (QED) is 0.475. The highest BCUT2D eigenvalue weighted by Crippen LogP contribution is 2.14. The lowest BCUT2D eigenvalue weighted by atomic mass is 10.2. The number of benzene rings is 2. The standard InChI is InChI=1S/C18H18N2O4/c21-18(24-14-16-8-2-1-3-9-16)19-12-5-4-7-15-10-6-11-17(13-15)20(22)23/h1-4,6-11,13H,5,12,14H2,(H,19,21). The molecule has 124 valence electrons. The van der Waals surface area contributed by atoms with Crippen LogP contribution in [0.1, 0.15) is 17.5 Å². The number of hydrogen-bond donors (Lipinski definition) is 1. The van der Waals surface area contributed by atoms with Crippen molar-refractivity contribution in [2.24, 2.45) is 0 Å². The van der Waals surface area contributed by atoms with Gasteiger partial charge in [0.25, 0.3) is 5.69 Å². The number of carbonyl (C=O) groups is 1. The van der Waals surface area contributed by atoms with E-state index < -0.39 is 11.0 Å². The zero-order valence-electron chi connectivity index (χ0n) is 13.1. The number of ether oxygens (including phenoxy) is 1. The van der Waals surface area contributed by atoms with Gasteiger partial charge in [0.2, 0.25) is 0 Å². The van der Waals surface area contributed by atoms with Gasteiger partial charge in [0.1, 0.15) is 6.61 Å². The molecule has 0 unspecified atom stereocenters. The lowest BCUT2D eigenvalue weighted by Gasteiger charge is -2.05. The van der Waals surface area contributed by atoms with Gasteiger partial charge < -0.3 is 10.1 Å². The van der Waals surface area contributed by atoms with E-state index in [0.717, 1.165) is 11.1 Å². The normalized spacial score (nSPS) is 10.5. The van der Waals surface area contributed by atoms with Crippen LogP contribution in [0.2, 0.25) is 0 Å². The van der Waals surface area contributed by atoms with Crippen molar-refractivity contribution in [2.75, 3.05) is 6.54 Å². The second kappa shape index (κ2) is 9.09. The molecule has 0 radical (unpaired) electrons. The molecule has 0 aliphatic heterocycles. The molecule has 24 heavy (non-hydrogen) atoms. The van der Waals surface area contributed by atoms with Crippen LogP contribution in [-0.2, 0) is 11.3 Å². The molecule has 0 aliphatic carbocycles. The van der Waals surface area contributed by atoms with E-state index in [2.05, 4.69) is 5.32 Å². The molecule has 0 saturated carbocycles. The number of hydrogen-bond acceptors (Lipinski definition) is 4. The van der Waals surface area contributed by atoms with Crippen molar-refractivity contribution in [1.29, 1.82) is 0 Å². The average molecular weight is 326 g/mol. The Morgan fingerprint density at radius 1 is 1.17 bits per heavy atom. The fraction of sp³-hybridized carbons (Fsp3) is 0.167. The molecular weight excluding hydrogens is 308 g/mol. The fourth-order valence-electron chi connectivity index (χ4n) is 1.99. The van der Waals surface area contributed by atoms with Crippen LogP contribution in [0.25, 0.3) is 6.08 Å². The molecule has 0 aliphatic rings. The maximum Gasteiger partial charge on any atom is 0.407 e. The van der Waals surface area contributed by atoms with Gasteiger partial charge in [0, 0.05) is 18.7 Å². The number of nitrogens with zero attached hydrogens (tertiary/aromatic N) is 1. The number of nitrogens with one attached hydrogen (secondary N) is 1. The fourth-order valence-corrected chi connectivity index (χ4v) is 1.99. The second-order valence-electron chi connectivity index (χ2n) is 5.03. The highest BCUT2D eigenvalue weighted by molar-refractivity contribution is 5.67. The van der Waals surface area contributed by atoms with E-state index in [1.807, 2.05) is 36.4 Å². The average Bonchev–Trinajstić information content (AvgIpc) is 2.61. The van der Waals surface area contributed by atoms with E-state index in [-0.39, 0.29) is 12.3 Å². The van der Waals surface area contributed by atoms with E-state index in [4.69, 9.17) is 4.74 Å². The molecule has 2 aromatic carbocycles. The first-order chi connectivity index (χ1) is 11.6. The number of nitro groups is 1. The Balaban J connectivity index is 1.68. The van der Waals surface area contributed by atoms with Crippen molar-refractivity contribution < 1.29 is 14.5 Å². The Hall–Kier alpha value is -3.15. The maximum absolute atomic E-state index is 11.5. The Kier molecular flexibility index (Phi) is 6.52. The molecule has 0 bridgehead atoms. The molecule has 6 heteroatoms. The Morgan fingerprint density at radius 2 is 1.96 bits per heavy atom. The molecule has 0 fully saturated rings. The number of carbonyl (C=O) groups excluding carboxylic acids is 1. The zero-order chi connectivity index (χ0) is 17.2. The minimum atomic E-state index is -0.470. The van der Waals surface area contributed by atoms with Gasteiger partial charge >= 0.3 is 6.09 Å². The lowest BCUT2D eigenvalue weighted by molar-refractivity contribution is -0.384. The summed E-state index contributed by atoms with van der Waals surface area (Å²) < 4.78 is 5.09. The van der Waals surface area contributed by atoms with Gasteiger partial charge in [-0.1, -0.05) is 54.6 Å². The van der Waals surface area contributed by atoms with E-state index >= 15 is 0 Å². The summed E-state index contributed by atoms with van der Waals surface area (Å²) in [5, 5.41) is 13.3. The number of amides is 1. The van der Waals surface area contributed by atoms with Crippen LogP contribution >= 0.6 is 0 Å². The third kappa shape index (κ3) is 5.92. The highest BCUT2D eigenvalue weighted by Gasteiger charge is 2.03. The SMILES string of the molecule is O=C(NCCC=Cc1cccc([N+](=O)[O-])c1)OCc1ccccc1. The third-order valence-electron chi connectivity index (χ3n) is 3.18. The topological polar surface area (TPSA) is 81.5 Å². The summed E-state index contributed by atoms with van der Waals surface area (Å²) in [4.78, 5) is 21.8. The van der Waals surface area contributed by atoms with Crippen LogP contribution in [0.15, 0.2) is 60.7 Å². The van der Waals surface area contributed by atoms with Gasteiger partial charge in [-0.2, -0.15) is 0 Å². The number of non-ortho nitro benzene ring substituents is 1. The van der Waals surface area contributed by atoms with E-state index in [0.29, 0.717) is 13.0 Å². The largest absolute Gasteiger partial charge is 0.445 e. The molecule has 0 spiro atoms. The van der Waals surface area contributed by atoms with Crippen molar-refractivity contribution in [3.8, 4) is 0 Å². The van der Waals surface area contributed by atoms with Crippen LogP contribution in [0, 0.1) is 10.1 Å². The second-order valence-corrected chi connectivity index (χ2v) is 5.03. The smallest absolute Gasteiger partial charge is 0.407 e. The number of rotatable bonds is 7. The molecule has 0 atom stereocenters. The van der Waals surface area contributed by atoms with Gasteiger partial charge in [-0.05, 0) is 17.5 Å². The van der Waals surface area contributed by atoms with Crippen molar-refractivity contribution >= 4 is 17.9 Å². The summed E-state index contributed by atoms with van der Waals surface area (Å²) in [5.41, 5.74) is 1.73. The first kappa shape index (κ1) is 17.2. The van der Waals surface area contributed by atoms with Crippen molar-refractivity contribution in [3.05, 3.63) is 81.9 Å². The highest BCUT2D eigenvalue weighted by atomic mass is 16.6. The minimum Gasteiger partial charge on any atom is -0.445 e.